The lowest BCUT2D eigenvalue weighted by atomic mass is 10.2. The fraction of sp³-hybridized carbons (Fsp3) is 0.231. The Hall–Kier alpha value is -1.75. The lowest BCUT2D eigenvalue weighted by Gasteiger charge is -2.16. The highest BCUT2D eigenvalue weighted by atomic mass is 32.2. The van der Waals surface area contributed by atoms with Crippen LogP contribution in [0.3, 0.4) is 0 Å². The average molecular weight is 259 g/mol. The molecule has 0 aliphatic carbocycles. The van der Waals surface area contributed by atoms with E-state index in [1.807, 2.05) is 41.6 Å². The molecule has 1 unspecified atom stereocenters. The lowest BCUT2D eigenvalue weighted by molar-refractivity contribution is 0.622. The van der Waals surface area contributed by atoms with Gasteiger partial charge < -0.3 is 0 Å². The molecule has 0 N–H and O–H groups in total. The molecule has 0 fully saturated rings. The molecule has 0 saturated carbocycles. The lowest BCUT2D eigenvalue weighted by Crippen LogP contribution is -2.27. The summed E-state index contributed by atoms with van der Waals surface area (Å²) in [6.45, 7) is 3.35. The fourth-order valence-electron chi connectivity index (χ4n) is 2.04. The summed E-state index contributed by atoms with van der Waals surface area (Å²) in [5, 5.41) is 1.01. The van der Waals surface area contributed by atoms with Crippen LogP contribution in [-0.4, -0.2) is 32.4 Å². The Kier molecular flexibility index (Phi) is 2.83. The quantitative estimate of drug-likeness (QED) is 0.828. The molecule has 18 heavy (non-hydrogen) atoms. The number of amidine groups is 1. The minimum absolute atomic E-state index is 0.726. The fourth-order valence-corrected chi connectivity index (χ4v) is 3.25. The number of benzene rings is 1. The van der Waals surface area contributed by atoms with Crippen molar-refractivity contribution in [3.8, 4) is 0 Å². The van der Waals surface area contributed by atoms with E-state index in [9.17, 15) is 4.21 Å². The van der Waals surface area contributed by atoms with Gasteiger partial charge in [-0.3, -0.25) is 14.3 Å². The normalized spacial score (nSPS) is 16.9. The summed E-state index contributed by atoms with van der Waals surface area (Å²) in [6.07, 6.45) is 1.76. The first-order valence-corrected chi connectivity index (χ1v) is 6.91. The van der Waals surface area contributed by atoms with Gasteiger partial charge in [-0.1, -0.05) is 6.07 Å². The van der Waals surface area contributed by atoms with Gasteiger partial charge in [0, 0.05) is 11.6 Å². The standard InChI is InChI=1S/C13H13N3OS/c1-10-14-7-8-16(10)18(17)12-4-5-13-11(9-12)3-2-6-15-13/h2-6,9H,7-8H2,1H3. The Bertz CT molecular complexity index is 653. The van der Waals surface area contributed by atoms with Crippen molar-refractivity contribution in [1.82, 2.24) is 9.29 Å². The summed E-state index contributed by atoms with van der Waals surface area (Å²) < 4.78 is 14.3. The second kappa shape index (κ2) is 4.49. The van der Waals surface area contributed by atoms with Crippen LogP contribution in [0.5, 0.6) is 0 Å². The van der Waals surface area contributed by atoms with E-state index >= 15 is 0 Å². The number of aromatic nitrogens is 1. The molecule has 1 aliphatic heterocycles. The van der Waals surface area contributed by atoms with E-state index < -0.39 is 11.0 Å². The molecule has 1 aliphatic rings. The number of hydrogen-bond acceptors (Lipinski definition) is 3. The molecule has 1 atom stereocenters. The van der Waals surface area contributed by atoms with Crippen molar-refractivity contribution in [2.75, 3.05) is 13.1 Å². The molecular formula is C13H13N3OS. The molecule has 1 aromatic carbocycles. The van der Waals surface area contributed by atoms with Crippen LogP contribution >= 0.6 is 0 Å². The summed E-state index contributed by atoms with van der Waals surface area (Å²) in [4.78, 5) is 9.32. The highest BCUT2D eigenvalue weighted by Crippen LogP contribution is 2.19. The molecule has 0 saturated heterocycles. The van der Waals surface area contributed by atoms with Gasteiger partial charge in [-0.2, -0.15) is 0 Å². The molecule has 0 radical (unpaired) electrons. The maximum atomic E-state index is 12.4. The topological polar surface area (TPSA) is 45.6 Å². The van der Waals surface area contributed by atoms with Crippen LogP contribution in [0.15, 0.2) is 46.4 Å². The van der Waals surface area contributed by atoms with Gasteiger partial charge in [0.1, 0.15) is 5.84 Å². The molecule has 0 amide bonds. The number of aliphatic imine (C=N–C) groups is 1. The maximum absolute atomic E-state index is 12.4. The Morgan fingerprint density at radius 3 is 3.00 bits per heavy atom. The smallest absolute Gasteiger partial charge is 0.153 e. The average Bonchev–Trinajstić information content (AvgIpc) is 2.83. The Labute approximate surface area is 108 Å². The van der Waals surface area contributed by atoms with E-state index in [1.165, 1.54) is 0 Å². The molecule has 4 nitrogen and oxygen atoms in total. The van der Waals surface area contributed by atoms with Crippen molar-refractivity contribution >= 4 is 27.7 Å². The molecule has 0 spiro atoms. The first-order valence-electron chi connectivity index (χ1n) is 5.81. The highest BCUT2D eigenvalue weighted by Gasteiger charge is 2.20. The Morgan fingerprint density at radius 2 is 2.22 bits per heavy atom. The van der Waals surface area contributed by atoms with Gasteiger partial charge in [0.05, 0.1) is 23.5 Å². The van der Waals surface area contributed by atoms with E-state index in [0.717, 1.165) is 34.7 Å². The van der Waals surface area contributed by atoms with Crippen molar-refractivity contribution in [3.63, 3.8) is 0 Å². The first-order chi connectivity index (χ1) is 8.75. The largest absolute Gasteiger partial charge is 0.274 e. The number of hydrogen-bond donors (Lipinski definition) is 0. The van der Waals surface area contributed by atoms with Crippen LogP contribution in [0, 0.1) is 0 Å². The van der Waals surface area contributed by atoms with E-state index in [1.54, 1.807) is 6.20 Å². The van der Waals surface area contributed by atoms with Crippen molar-refractivity contribution in [2.24, 2.45) is 4.99 Å². The molecule has 2 heterocycles. The second-order valence-corrected chi connectivity index (χ2v) is 5.55. The van der Waals surface area contributed by atoms with Gasteiger partial charge in [0.15, 0.2) is 11.0 Å². The number of fused-ring (bicyclic) bond motifs is 1. The summed E-state index contributed by atoms with van der Waals surface area (Å²) in [5.41, 5.74) is 0.921. The van der Waals surface area contributed by atoms with E-state index in [-0.39, 0.29) is 0 Å². The third-order valence-electron chi connectivity index (χ3n) is 2.98. The van der Waals surface area contributed by atoms with Crippen molar-refractivity contribution in [3.05, 3.63) is 36.5 Å². The predicted molar refractivity (Wildman–Crippen MR) is 72.8 cm³/mol. The third kappa shape index (κ3) is 1.90. The van der Waals surface area contributed by atoms with Crippen LogP contribution in [-0.2, 0) is 11.0 Å². The molecule has 92 valence electrons. The van der Waals surface area contributed by atoms with Crippen LogP contribution in [0.1, 0.15) is 6.92 Å². The summed E-state index contributed by atoms with van der Waals surface area (Å²) >= 11 is 0. The van der Waals surface area contributed by atoms with Crippen LogP contribution in [0.25, 0.3) is 10.9 Å². The monoisotopic (exact) mass is 259 g/mol. The first kappa shape index (κ1) is 11.3. The van der Waals surface area contributed by atoms with Gasteiger partial charge in [-0.25, -0.2) is 4.21 Å². The molecule has 1 aromatic heterocycles. The number of nitrogens with zero attached hydrogens (tertiary/aromatic N) is 3. The Morgan fingerprint density at radius 1 is 1.33 bits per heavy atom. The van der Waals surface area contributed by atoms with Crippen LogP contribution < -0.4 is 0 Å². The second-order valence-electron chi connectivity index (χ2n) is 4.14. The van der Waals surface area contributed by atoms with E-state index in [2.05, 4.69) is 9.98 Å². The van der Waals surface area contributed by atoms with Crippen molar-refractivity contribution < 1.29 is 4.21 Å². The van der Waals surface area contributed by atoms with Gasteiger partial charge in [0.25, 0.3) is 0 Å². The van der Waals surface area contributed by atoms with Gasteiger partial charge in [0.2, 0.25) is 0 Å². The molecule has 0 bridgehead atoms. The zero-order valence-corrected chi connectivity index (χ0v) is 10.9. The SMILES string of the molecule is CC1=NCCN1S(=O)c1ccc2ncccc2c1. The summed E-state index contributed by atoms with van der Waals surface area (Å²) in [5.74, 6) is 0.847. The highest BCUT2D eigenvalue weighted by molar-refractivity contribution is 7.83. The number of rotatable bonds is 2. The predicted octanol–water partition coefficient (Wildman–Crippen LogP) is 1.99. The van der Waals surface area contributed by atoms with E-state index in [0.29, 0.717) is 0 Å². The zero-order chi connectivity index (χ0) is 12.5. The molecule has 2 aromatic rings. The molecule has 3 rings (SSSR count). The minimum Gasteiger partial charge on any atom is -0.274 e. The van der Waals surface area contributed by atoms with Gasteiger partial charge >= 0.3 is 0 Å². The van der Waals surface area contributed by atoms with Gasteiger partial charge in [-0.15, -0.1) is 0 Å². The van der Waals surface area contributed by atoms with Gasteiger partial charge in [-0.05, 0) is 31.2 Å². The zero-order valence-electron chi connectivity index (χ0n) is 10.0. The maximum Gasteiger partial charge on any atom is 0.153 e. The summed E-state index contributed by atoms with van der Waals surface area (Å²) in [7, 11) is -1.17. The molecule has 5 heteroatoms. The van der Waals surface area contributed by atoms with E-state index in [4.69, 9.17) is 0 Å². The number of pyridine rings is 1. The minimum atomic E-state index is -1.17. The van der Waals surface area contributed by atoms with Crippen molar-refractivity contribution in [2.45, 2.75) is 11.8 Å². The van der Waals surface area contributed by atoms with Crippen molar-refractivity contribution in [1.29, 1.82) is 0 Å². The third-order valence-corrected chi connectivity index (χ3v) is 4.49. The summed E-state index contributed by atoms with van der Waals surface area (Å²) in [6, 6.07) is 9.58. The van der Waals surface area contributed by atoms with Crippen LogP contribution in [0.4, 0.5) is 0 Å². The molecular weight excluding hydrogens is 246 g/mol. The van der Waals surface area contributed by atoms with Crippen LogP contribution in [0.2, 0.25) is 0 Å². The Balaban J connectivity index is 1.99.